The van der Waals surface area contributed by atoms with Crippen LogP contribution < -0.4 is 10.1 Å². The van der Waals surface area contributed by atoms with Crippen molar-refractivity contribution in [3.8, 4) is 28.4 Å². The number of nitrogens with one attached hydrogen (secondary N) is 1. The zero-order chi connectivity index (χ0) is 24.1. The topological polar surface area (TPSA) is 58.6 Å². The lowest BCUT2D eigenvalue weighted by Crippen LogP contribution is -2.28. The van der Waals surface area contributed by atoms with Crippen LogP contribution in [0.2, 0.25) is 0 Å². The number of carbonyl (C=O) groups is 1. The van der Waals surface area contributed by atoms with E-state index in [0.29, 0.717) is 5.75 Å². The highest BCUT2D eigenvalue weighted by atomic mass is 16.5. The number of rotatable bonds is 7. The Morgan fingerprint density at radius 1 is 1.00 bits per heavy atom. The van der Waals surface area contributed by atoms with Crippen LogP contribution in [0.3, 0.4) is 0 Å². The molecule has 0 aliphatic carbocycles. The summed E-state index contributed by atoms with van der Waals surface area (Å²) in [5, 5.41) is 14.8. The fraction of sp³-hybridized carbons (Fsp3) is 0.167. The lowest BCUT2D eigenvalue weighted by atomic mass is 9.92. The molecule has 34 heavy (non-hydrogen) atoms. The Bertz CT molecular complexity index is 1320. The Hall–Kier alpha value is -4.05. The number of amides is 1. The summed E-state index contributed by atoms with van der Waals surface area (Å²) in [7, 11) is 0. The molecule has 0 heterocycles. The zero-order valence-electron chi connectivity index (χ0n) is 19.7. The third-order valence-corrected chi connectivity index (χ3v) is 5.56. The first kappa shape index (κ1) is 23.1. The van der Waals surface area contributed by atoms with E-state index < -0.39 is 0 Å². The fourth-order valence-corrected chi connectivity index (χ4v) is 3.99. The van der Waals surface area contributed by atoms with Gasteiger partial charge in [0.1, 0.15) is 17.2 Å². The number of aryl methyl sites for hydroxylation is 1. The summed E-state index contributed by atoms with van der Waals surface area (Å²) in [5.74, 6) is 1.57. The molecule has 1 amide bonds. The summed E-state index contributed by atoms with van der Waals surface area (Å²) in [4.78, 5) is 11.9. The lowest BCUT2D eigenvalue weighted by molar-refractivity contribution is -0.116. The molecule has 0 saturated carbocycles. The minimum absolute atomic E-state index is 0.0994. The molecular formula is C30H29NO3. The zero-order valence-corrected chi connectivity index (χ0v) is 19.7. The molecule has 0 aromatic heterocycles. The van der Waals surface area contributed by atoms with Crippen LogP contribution in [0.4, 0.5) is 0 Å². The maximum absolute atomic E-state index is 11.9. The number of fused-ring (bicyclic) bond motifs is 1. The molecule has 0 saturated heterocycles. The Labute approximate surface area is 200 Å². The van der Waals surface area contributed by atoms with Crippen molar-refractivity contribution in [2.45, 2.75) is 33.2 Å². The van der Waals surface area contributed by atoms with E-state index >= 15 is 0 Å². The third-order valence-electron chi connectivity index (χ3n) is 5.56. The van der Waals surface area contributed by atoms with Gasteiger partial charge in [-0.05, 0) is 78.8 Å². The predicted octanol–water partition coefficient (Wildman–Crippen LogP) is 7.10. The Balaban J connectivity index is 1.74. The van der Waals surface area contributed by atoms with E-state index in [0.717, 1.165) is 45.2 Å². The predicted molar refractivity (Wildman–Crippen MR) is 139 cm³/mol. The molecule has 4 aromatic carbocycles. The van der Waals surface area contributed by atoms with Gasteiger partial charge >= 0.3 is 0 Å². The number of hydrogen-bond acceptors (Lipinski definition) is 3. The highest BCUT2D eigenvalue weighted by molar-refractivity contribution is 5.98. The van der Waals surface area contributed by atoms with Gasteiger partial charge in [0.2, 0.25) is 5.91 Å². The van der Waals surface area contributed by atoms with E-state index in [1.54, 1.807) is 18.2 Å². The van der Waals surface area contributed by atoms with Gasteiger partial charge in [0.25, 0.3) is 0 Å². The van der Waals surface area contributed by atoms with Crippen LogP contribution in [-0.2, 0) is 11.2 Å². The second kappa shape index (κ2) is 10.3. The van der Waals surface area contributed by atoms with Crippen LogP contribution in [0.15, 0.2) is 84.9 Å². The van der Waals surface area contributed by atoms with Crippen LogP contribution in [0.1, 0.15) is 31.9 Å². The molecule has 4 aromatic rings. The summed E-state index contributed by atoms with van der Waals surface area (Å²) in [6, 6.07) is 25.5. The second-order valence-corrected chi connectivity index (χ2v) is 8.53. The SMILES string of the molecule is CCc1cc2cc(O)ccc2c(Oc2ccc(C=CC(=O)NC(C)C)cc2)c1-c1ccccc1. The van der Waals surface area contributed by atoms with Gasteiger partial charge in [0.15, 0.2) is 0 Å². The number of phenolic OH excluding ortho intramolecular Hbond substituents is 1. The average Bonchev–Trinajstić information content (AvgIpc) is 2.83. The maximum atomic E-state index is 11.9. The number of carbonyl (C=O) groups excluding carboxylic acids is 1. The van der Waals surface area contributed by atoms with Crippen molar-refractivity contribution >= 4 is 22.8 Å². The Morgan fingerprint density at radius 2 is 1.74 bits per heavy atom. The first-order chi connectivity index (χ1) is 16.4. The lowest BCUT2D eigenvalue weighted by Gasteiger charge is -2.18. The van der Waals surface area contributed by atoms with Crippen molar-refractivity contribution < 1.29 is 14.6 Å². The van der Waals surface area contributed by atoms with Crippen molar-refractivity contribution in [2.75, 3.05) is 0 Å². The summed E-state index contributed by atoms with van der Waals surface area (Å²) >= 11 is 0. The van der Waals surface area contributed by atoms with Crippen LogP contribution in [0, 0.1) is 0 Å². The number of hydrogen-bond donors (Lipinski definition) is 2. The molecule has 0 radical (unpaired) electrons. The molecule has 0 bridgehead atoms. The van der Waals surface area contributed by atoms with E-state index in [1.807, 2.05) is 62.4 Å². The standard InChI is InChI=1S/C30H29NO3/c1-4-22-18-24-19-25(32)13-16-27(24)30(29(22)23-8-6-5-7-9-23)34-26-14-10-21(11-15-26)12-17-28(33)31-20(2)3/h5-20,32H,4H2,1-3H3,(H,31,33). The first-order valence-electron chi connectivity index (χ1n) is 11.5. The van der Waals surface area contributed by atoms with Crippen LogP contribution in [0.25, 0.3) is 28.0 Å². The molecule has 0 aliphatic rings. The van der Waals surface area contributed by atoms with Crippen LogP contribution >= 0.6 is 0 Å². The summed E-state index contributed by atoms with van der Waals surface area (Å²) in [6.07, 6.45) is 4.15. The molecule has 4 nitrogen and oxygen atoms in total. The molecule has 4 rings (SSSR count). The molecular weight excluding hydrogens is 422 g/mol. The van der Waals surface area contributed by atoms with Gasteiger partial charge in [0, 0.05) is 23.1 Å². The van der Waals surface area contributed by atoms with Crippen molar-refractivity contribution in [1.29, 1.82) is 0 Å². The highest BCUT2D eigenvalue weighted by Gasteiger charge is 2.17. The van der Waals surface area contributed by atoms with E-state index in [2.05, 4.69) is 30.4 Å². The summed E-state index contributed by atoms with van der Waals surface area (Å²) in [6.45, 7) is 5.98. The van der Waals surface area contributed by atoms with Crippen molar-refractivity contribution in [1.82, 2.24) is 5.32 Å². The van der Waals surface area contributed by atoms with Crippen LogP contribution in [0.5, 0.6) is 17.2 Å². The van der Waals surface area contributed by atoms with Crippen LogP contribution in [-0.4, -0.2) is 17.1 Å². The first-order valence-corrected chi connectivity index (χ1v) is 11.5. The molecule has 0 fully saturated rings. The Kier molecular flexibility index (Phi) is 6.98. The highest BCUT2D eigenvalue weighted by Crippen LogP contribution is 2.43. The van der Waals surface area contributed by atoms with Gasteiger partial charge in [-0.25, -0.2) is 0 Å². The van der Waals surface area contributed by atoms with E-state index in [1.165, 1.54) is 6.08 Å². The summed E-state index contributed by atoms with van der Waals surface area (Å²) in [5.41, 5.74) is 4.19. The van der Waals surface area contributed by atoms with Gasteiger partial charge in [0.05, 0.1) is 0 Å². The molecule has 0 unspecified atom stereocenters. The fourth-order valence-electron chi connectivity index (χ4n) is 3.99. The van der Waals surface area contributed by atoms with Crippen molar-refractivity contribution in [3.05, 3.63) is 96.1 Å². The average molecular weight is 452 g/mol. The third kappa shape index (κ3) is 5.29. The number of benzene rings is 4. The van der Waals surface area contributed by atoms with Gasteiger partial charge in [-0.2, -0.15) is 0 Å². The molecule has 2 N–H and O–H groups in total. The number of phenols is 1. The quantitative estimate of drug-likeness (QED) is 0.295. The van der Waals surface area contributed by atoms with Gasteiger partial charge < -0.3 is 15.2 Å². The van der Waals surface area contributed by atoms with Gasteiger partial charge in [-0.3, -0.25) is 4.79 Å². The van der Waals surface area contributed by atoms with Crippen molar-refractivity contribution in [3.63, 3.8) is 0 Å². The molecule has 4 heteroatoms. The largest absolute Gasteiger partial charge is 0.508 e. The number of aromatic hydroxyl groups is 1. The monoisotopic (exact) mass is 451 g/mol. The molecule has 0 atom stereocenters. The normalized spacial score (nSPS) is 11.3. The Morgan fingerprint density at radius 3 is 2.41 bits per heavy atom. The molecule has 0 spiro atoms. The van der Waals surface area contributed by atoms with E-state index in [-0.39, 0.29) is 17.7 Å². The molecule has 0 aliphatic heterocycles. The van der Waals surface area contributed by atoms with E-state index in [9.17, 15) is 9.90 Å². The van der Waals surface area contributed by atoms with Crippen molar-refractivity contribution in [2.24, 2.45) is 0 Å². The van der Waals surface area contributed by atoms with Gasteiger partial charge in [-0.15, -0.1) is 0 Å². The second-order valence-electron chi connectivity index (χ2n) is 8.53. The molecule has 172 valence electrons. The minimum Gasteiger partial charge on any atom is -0.508 e. The van der Waals surface area contributed by atoms with E-state index in [4.69, 9.17) is 4.74 Å². The maximum Gasteiger partial charge on any atom is 0.244 e. The van der Waals surface area contributed by atoms with Gasteiger partial charge in [-0.1, -0.05) is 55.5 Å². The smallest absolute Gasteiger partial charge is 0.244 e. The number of ether oxygens (including phenoxy) is 1. The minimum atomic E-state index is -0.117. The summed E-state index contributed by atoms with van der Waals surface area (Å²) < 4.78 is 6.51.